The lowest BCUT2D eigenvalue weighted by molar-refractivity contribution is -0.146. The summed E-state index contributed by atoms with van der Waals surface area (Å²) in [4.78, 5) is 11.2. The molecule has 0 radical (unpaired) electrons. The zero-order valence-electron chi connectivity index (χ0n) is 9.15. The molecular weight excluding hydrogens is 211 g/mol. The van der Waals surface area contributed by atoms with Crippen LogP contribution in [0.2, 0.25) is 0 Å². The molecule has 1 aromatic rings. The van der Waals surface area contributed by atoms with Gasteiger partial charge in [-0.3, -0.25) is 4.79 Å². The van der Waals surface area contributed by atoms with Gasteiger partial charge < -0.3 is 9.84 Å². The van der Waals surface area contributed by atoms with E-state index >= 15 is 0 Å². The summed E-state index contributed by atoms with van der Waals surface area (Å²) in [7, 11) is 0. The minimum atomic E-state index is -1.15. The molecule has 3 nitrogen and oxygen atoms in total. The summed E-state index contributed by atoms with van der Waals surface area (Å²) in [5.41, 5.74) is 0.121. The van der Waals surface area contributed by atoms with Crippen LogP contribution in [0.3, 0.4) is 0 Å². The monoisotopic (exact) mass is 226 g/mol. The molecule has 0 fully saturated rings. The summed E-state index contributed by atoms with van der Waals surface area (Å²) >= 11 is 0. The van der Waals surface area contributed by atoms with E-state index in [1.807, 2.05) is 6.92 Å². The molecule has 0 bridgehead atoms. The van der Waals surface area contributed by atoms with Gasteiger partial charge in [0.15, 0.2) is 0 Å². The summed E-state index contributed by atoms with van der Waals surface area (Å²) in [6, 6.07) is 5.84. The van der Waals surface area contributed by atoms with Gasteiger partial charge in [-0.25, -0.2) is 4.39 Å². The Balaban J connectivity index is 2.55. The average molecular weight is 226 g/mol. The third-order valence-corrected chi connectivity index (χ3v) is 2.09. The molecule has 1 rings (SSSR count). The summed E-state index contributed by atoms with van der Waals surface area (Å²) < 4.78 is 18.0. The van der Waals surface area contributed by atoms with E-state index in [1.54, 1.807) is 6.07 Å². The van der Waals surface area contributed by atoms with E-state index in [9.17, 15) is 14.3 Å². The van der Waals surface area contributed by atoms with E-state index in [2.05, 4.69) is 0 Å². The summed E-state index contributed by atoms with van der Waals surface area (Å²) in [6.45, 7) is 2.20. The van der Waals surface area contributed by atoms with E-state index in [0.29, 0.717) is 6.61 Å². The number of benzene rings is 1. The Hall–Kier alpha value is -1.42. The second-order valence-corrected chi connectivity index (χ2v) is 3.46. The van der Waals surface area contributed by atoms with Crippen molar-refractivity contribution in [2.75, 3.05) is 6.61 Å². The van der Waals surface area contributed by atoms with Crippen molar-refractivity contribution in [3.8, 4) is 0 Å². The average Bonchev–Trinajstić information content (AvgIpc) is 2.26. The molecule has 1 N–H and O–H groups in total. The van der Waals surface area contributed by atoms with E-state index in [1.165, 1.54) is 18.2 Å². The van der Waals surface area contributed by atoms with Crippen LogP contribution in [0.25, 0.3) is 0 Å². The Morgan fingerprint density at radius 3 is 2.81 bits per heavy atom. The van der Waals surface area contributed by atoms with Crippen LogP contribution in [-0.4, -0.2) is 17.7 Å². The molecule has 0 amide bonds. The largest absolute Gasteiger partial charge is 0.466 e. The van der Waals surface area contributed by atoms with Crippen LogP contribution in [0, 0.1) is 5.82 Å². The maximum atomic E-state index is 13.2. The lowest BCUT2D eigenvalue weighted by atomic mass is 10.1. The molecular formula is C12H15FO3. The van der Waals surface area contributed by atoms with Gasteiger partial charge in [-0.1, -0.05) is 25.1 Å². The van der Waals surface area contributed by atoms with Gasteiger partial charge in [0.25, 0.3) is 0 Å². The summed E-state index contributed by atoms with van der Waals surface area (Å²) in [6.07, 6.45) is -0.645. The molecule has 1 aromatic carbocycles. The fourth-order valence-electron chi connectivity index (χ4n) is 1.29. The molecule has 0 aromatic heterocycles. The van der Waals surface area contributed by atoms with Crippen LogP contribution < -0.4 is 0 Å². The number of halogens is 1. The van der Waals surface area contributed by atoms with E-state index < -0.39 is 17.9 Å². The van der Waals surface area contributed by atoms with Gasteiger partial charge in [-0.15, -0.1) is 0 Å². The smallest absolute Gasteiger partial charge is 0.308 e. The first-order chi connectivity index (χ1) is 7.65. The van der Waals surface area contributed by atoms with Crippen molar-refractivity contribution < 1.29 is 19.0 Å². The number of hydrogen-bond donors (Lipinski definition) is 1. The van der Waals surface area contributed by atoms with E-state index in [4.69, 9.17) is 4.74 Å². The molecule has 0 aliphatic carbocycles. The highest BCUT2D eigenvalue weighted by Crippen LogP contribution is 2.19. The van der Waals surface area contributed by atoms with Crippen LogP contribution in [-0.2, 0) is 9.53 Å². The topological polar surface area (TPSA) is 46.5 Å². The normalized spacial score (nSPS) is 12.2. The Morgan fingerprint density at radius 1 is 1.50 bits per heavy atom. The van der Waals surface area contributed by atoms with E-state index in [-0.39, 0.29) is 12.0 Å². The number of ether oxygens (including phenoxy) is 1. The first-order valence-electron chi connectivity index (χ1n) is 5.23. The number of carbonyl (C=O) groups excluding carboxylic acids is 1. The Morgan fingerprint density at radius 2 is 2.19 bits per heavy atom. The third-order valence-electron chi connectivity index (χ3n) is 2.09. The number of hydrogen-bond acceptors (Lipinski definition) is 3. The van der Waals surface area contributed by atoms with E-state index in [0.717, 1.165) is 6.42 Å². The zero-order valence-corrected chi connectivity index (χ0v) is 9.15. The highest BCUT2D eigenvalue weighted by atomic mass is 19.1. The summed E-state index contributed by atoms with van der Waals surface area (Å²) in [5, 5.41) is 9.63. The Labute approximate surface area is 93.9 Å². The van der Waals surface area contributed by atoms with Crippen LogP contribution in [0.1, 0.15) is 31.4 Å². The van der Waals surface area contributed by atoms with Gasteiger partial charge in [0.1, 0.15) is 5.82 Å². The first kappa shape index (κ1) is 12.6. The standard InChI is InChI=1S/C12H15FO3/c1-2-7-16-12(15)8-11(14)9-5-3-4-6-10(9)13/h3-6,11,14H,2,7-8H2,1H3/t11-/m0/s1. The maximum absolute atomic E-state index is 13.2. The number of rotatable bonds is 5. The SMILES string of the molecule is CCCOC(=O)C[C@H](O)c1ccccc1F. The number of esters is 1. The van der Waals surface area contributed by atoms with Crippen molar-refractivity contribution in [3.05, 3.63) is 35.6 Å². The first-order valence-corrected chi connectivity index (χ1v) is 5.23. The van der Waals surface area contributed by atoms with Gasteiger partial charge in [0.2, 0.25) is 0 Å². The maximum Gasteiger partial charge on any atom is 0.308 e. The molecule has 0 saturated carbocycles. The van der Waals surface area contributed by atoms with Gasteiger partial charge in [0.05, 0.1) is 19.1 Å². The van der Waals surface area contributed by atoms with Crippen molar-refractivity contribution in [2.45, 2.75) is 25.9 Å². The van der Waals surface area contributed by atoms with Crippen molar-refractivity contribution in [1.29, 1.82) is 0 Å². The van der Waals surface area contributed by atoms with Crippen LogP contribution in [0.5, 0.6) is 0 Å². The Kier molecular flexibility index (Phi) is 4.92. The molecule has 16 heavy (non-hydrogen) atoms. The van der Waals surface area contributed by atoms with Gasteiger partial charge in [0, 0.05) is 5.56 Å². The third kappa shape index (κ3) is 3.62. The lowest BCUT2D eigenvalue weighted by Gasteiger charge is -2.11. The van der Waals surface area contributed by atoms with Gasteiger partial charge >= 0.3 is 5.97 Å². The number of carbonyl (C=O) groups is 1. The molecule has 0 saturated heterocycles. The zero-order chi connectivity index (χ0) is 12.0. The molecule has 4 heteroatoms. The fraction of sp³-hybridized carbons (Fsp3) is 0.417. The minimum absolute atomic E-state index is 0.121. The summed E-state index contributed by atoms with van der Waals surface area (Å²) in [5.74, 6) is -1.03. The predicted octanol–water partition coefficient (Wildman–Crippen LogP) is 2.20. The second-order valence-electron chi connectivity index (χ2n) is 3.46. The van der Waals surface area contributed by atoms with Gasteiger partial charge in [-0.05, 0) is 12.5 Å². The molecule has 0 aliphatic heterocycles. The van der Waals surface area contributed by atoms with Crippen molar-refractivity contribution in [3.63, 3.8) is 0 Å². The molecule has 0 spiro atoms. The number of aliphatic hydroxyl groups is 1. The predicted molar refractivity (Wildman–Crippen MR) is 57.2 cm³/mol. The van der Waals surface area contributed by atoms with Crippen molar-refractivity contribution in [1.82, 2.24) is 0 Å². The molecule has 0 unspecified atom stereocenters. The van der Waals surface area contributed by atoms with Crippen LogP contribution in [0.4, 0.5) is 4.39 Å². The highest BCUT2D eigenvalue weighted by Gasteiger charge is 2.16. The quantitative estimate of drug-likeness (QED) is 0.783. The molecule has 88 valence electrons. The Bertz CT molecular complexity index is 352. The van der Waals surface area contributed by atoms with Gasteiger partial charge in [-0.2, -0.15) is 0 Å². The minimum Gasteiger partial charge on any atom is -0.466 e. The highest BCUT2D eigenvalue weighted by molar-refractivity contribution is 5.70. The molecule has 0 aliphatic rings. The fourth-order valence-corrected chi connectivity index (χ4v) is 1.29. The van der Waals surface area contributed by atoms with Crippen molar-refractivity contribution >= 4 is 5.97 Å². The van der Waals surface area contributed by atoms with Crippen molar-refractivity contribution in [2.24, 2.45) is 0 Å². The second kappa shape index (κ2) is 6.23. The number of aliphatic hydroxyl groups excluding tert-OH is 1. The van der Waals surface area contributed by atoms with Crippen LogP contribution >= 0.6 is 0 Å². The molecule has 1 atom stereocenters. The lowest BCUT2D eigenvalue weighted by Crippen LogP contribution is -2.11. The van der Waals surface area contributed by atoms with Crippen LogP contribution in [0.15, 0.2) is 24.3 Å². The molecule has 0 heterocycles.